The topological polar surface area (TPSA) is 110 Å². The van der Waals surface area contributed by atoms with Crippen molar-refractivity contribution in [2.75, 3.05) is 19.7 Å². The van der Waals surface area contributed by atoms with Gasteiger partial charge in [0.2, 0.25) is 5.91 Å². The smallest absolute Gasteiger partial charge is 0.312 e. The summed E-state index contributed by atoms with van der Waals surface area (Å²) in [6.07, 6.45) is 0.410. The van der Waals surface area contributed by atoms with E-state index in [9.17, 15) is 19.7 Å². The maximum atomic E-state index is 12.1. The third kappa shape index (κ3) is 3.94. The molecule has 0 saturated carbocycles. The molecule has 130 valence electrons. The number of hydrogen-bond donors (Lipinski definition) is 1. The van der Waals surface area contributed by atoms with E-state index in [0.29, 0.717) is 13.0 Å². The Morgan fingerprint density at radius 1 is 1.50 bits per heavy atom. The predicted molar refractivity (Wildman–Crippen MR) is 85.2 cm³/mol. The van der Waals surface area contributed by atoms with Crippen LogP contribution in [0.15, 0.2) is 18.2 Å². The Bertz CT molecular complexity index is 680. The van der Waals surface area contributed by atoms with Gasteiger partial charge in [-0.1, -0.05) is 11.6 Å². The third-order valence-electron chi connectivity index (χ3n) is 4.03. The van der Waals surface area contributed by atoms with Gasteiger partial charge in [0.1, 0.15) is 0 Å². The molecular formula is C15H17ClN2O6. The summed E-state index contributed by atoms with van der Waals surface area (Å²) in [6.45, 7) is 2.10. The number of aliphatic carboxylic acids is 1. The fraction of sp³-hybridized carbons (Fsp3) is 0.467. The van der Waals surface area contributed by atoms with Gasteiger partial charge in [0, 0.05) is 24.2 Å². The number of rotatable bonds is 6. The number of hydrogen-bond acceptors (Lipinski definition) is 5. The van der Waals surface area contributed by atoms with E-state index in [4.69, 9.17) is 21.4 Å². The van der Waals surface area contributed by atoms with Gasteiger partial charge in [-0.25, -0.2) is 0 Å². The zero-order valence-corrected chi connectivity index (χ0v) is 13.8. The average Bonchev–Trinajstić information content (AvgIpc) is 2.92. The van der Waals surface area contributed by atoms with Gasteiger partial charge in [-0.05, 0) is 25.5 Å². The molecule has 1 unspecified atom stereocenters. The second-order valence-electron chi connectivity index (χ2n) is 5.90. The van der Waals surface area contributed by atoms with Crippen LogP contribution in [0.5, 0.6) is 5.75 Å². The minimum Gasteiger partial charge on any atom is -0.486 e. The molecule has 1 heterocycles. The highest BCUT2D eigenvalue weighted by atomic mass is 35.5. The largest absolute Gasteiger partial charge is 0.486 e. The lowest BCUT2D eigenvalue weighted by Crippen LogP contribution is -2.35. The molecule has 24 heavy (non-hydrogen) atoms. The van der Waals surface area contributed by atoms with Crippen molar-refractivity contribution >= 4 is 29.2 Å². The number of halogens is 1. The fourth-order valence-corrected chi connectivity index (χ4v) is 2.68. The van der Waals surface area contributed by atoms with Crippen molar-refractivity contribution in [3.8, 4) is 5.75 Å². The summed E-state index contributed by atoms with van der Waals surface area (Å²) in [5.41, 5.74) is -1.19. The lowest BCUT2D eigenvalue weighted by atomic mass is 9.90. The molecule has 1 aromatic rings. The van der Waals surface area contributed by atoms with Crippen LogP contribution < -0.4 is 4.74 Å². The number of carbonyl (C=O) groups excluding carboxylic acids is 1. The Morgan fingerprint density at radius 2 is 2.21 bits per heavy atom. The van der Waals surface area contributed by atoms with Crippen molar-refractivity contribution in [2.24, 2.45) is 5.41 Å². The van der Waals surface area contributed by atoms with Crippen LogP contribution in [0.1, 0.15) is 19.8 Å². The van der Waals surface area contributed by atoms with Crippen LogP contribution in [0.25, 0.3) is 0 Å². The molecule has 1 N–H and O–H groups in total. The van der Waals surface area contributed by atoms with Gasteiger partial charge in [-0.3, -0.25) is 19.7 Å². The Hall–Kier alpha value is -2.35. The third-order valence-corrected chi connectivity index (χ3v) is 4.27. The second kappa shape index (κ2) is 7.04. The highest BCUT2D eigenvalue weighted by Crippen LogP contribution is 2.31. The summed E-state index contributed by atoms with van der Waals surface area (Å²) in [5, 5.41) is 20.3. The average molecular weight is 357 g/mol. The molecule has 0 aromatic heterocycles. The summed E-state index contributed by atoms with van der Waals surface area (Å²) in [6, 6.07) is 4.02. The molecule has 1 saturated heterocycles. The van der Waals surface area contributed by atoms with E-state index in [2.05, 4.69) is 0 Å². The van der Waals surface area contributed by atoms with Crippen molar-refractivity contribution in [2.45, 2.75) is 19.8 Å². The number of likely N-dealkylation sites (tertiary alicyclic amines) is 1. The summed E-state index contributed by atoms with van der Waals surface area (Å²) < 4.78 is 5.32. The zero-order chi connectivity index (χ0) is 17.9. The van der Waals surface area contributed by atoms with Gasteiger partial charge >= 0.3 is 11.7 Å². The second-order valence-corrected chi connectivity index (χ2v) is 6.34. The van der Waals surface area contributed by atoms with Gasteiger partial charge in [-0.2, -0.15) is 0 Å². The molecule has 1 aliphatic rings. The molecule has 0 bridgehead atoms. The molecule has 0 spiro atoms. The molecule has 2 rings (SSSR count). The Balaban J connectivity index is 1.90. The van der Waals surface area contributed by atoms with E-state index in [1.165, 1.54) is 23.1 Å². The number of nitrogens with zero attached hydrogens (tertiary/aromatic N) is 2. The summed E-state index contributed by atoms with van der Waals surface area (Å²) in [7, 11) is 0. The van der Waals surface area contributed by atoms with Gasteiger partial charge in [0.05, 0.1) is 23.4 Å². The Kier molecular flexibility index (Phi) is 5.28. The van der Waals surface area contributed by atoms with Crippen LogP contribution in [0.2, 0.25) is 5.02 Å². The first kappa shape index (κ1) is 18.0. The highest BCUT2D eigenvalue weighted by molar-refractivity contribution is 6.30. The summed E-state index contributed by atoms with van der Waals surface area (Å²) in [4.78, 5) is 35.1. The molecule has 1 fully saturated rings. The Morgan fingerprint density at radius 3 is 2.79 bits per heavy atom. The number of amides is 1. The SMILES string of the molecule is CC1(C(=O)O)CCN(C(=O)CCOc2ccc(Cl)cc2[N+](=O)[O-])C1. The van der Waals surface area contributed by atoms with E-state index in [1.54, 1.807) is 6.92 Å². The molecule has 8 nitrogen and oxygen atoms in total. The number of nitro groups is 1. The number of carbonyl (C=O) groups is 2. The zero-order valence-electron chi connectivity index (χ0n) is 13.0. The van der Waals surface area contributed by atoms with Crippen molar-refractivity contribution in [3.05, 3.63) is 33.3 Å². The molecule has 0 aliphatic carbocycles. The molecule has 1 atom stereocenters. The van der Waals surface area contributed by atoms with Crippen LogP contribution in [-0.4, -0.2) is 46.5 Å². The molecule has 0 radical (unpaired) electrons. The lowest BCUT2D eigenvalue weighted by molar-refractivity contribution is -0.385. The Labute approximate surface area is 143 Å². The van der Waals surface area contributed by atoms with Crippen LogP contribution in [0, 0.1) is 15.5 Å². The number of benzene rings is 1. The van der Waals surface area contributed by atoms with Crippen molar-refractivity contribution < 1.29 is 24.4 Å². The van der Waals surface area contributed by atoms with E-state index < -0.39 is 16.3 Å². The van der Waals surface area contributed by atoms with Crippen molar-refractivity contribution in [1.29, 1.82) is 0 Å². The minimum absolute atomic E-state index is 0.00940. The molecular weight excluding hydrogens is 340 g/mol. The first-order chi connectivity index (χ1) is 11.2. The maximum Gasteiger partial charge on any atom is 0.312 e. The summed E-state index contributed by atoms with van der Waals surface area (Å²) in [5.74, 6) is -1.13. The lowest BCUT2D eigenvalue weighted by Gasteiger charge is -2.20. The van der Waals surface area contributed by atoms with Gasteiger partial charge in [-0.15, -0.1) is 0 Å². The van der Waals surface area contributed by atoms with E-state index >= 15 is 0 Å². The van der Waals surface area contributed by atoms with Gasteiger partial charge in [0.15, 0.2) is 5.75 Å². The number of carboxylic acid groups (broad SMARTS) is 1. The monoisotopic (exact) mass is 356 g/mol. The number of ether oxygens (including phenoxy) is 1. The quantitative estimate of drug-likeness (QED) is 0.618. The molecule has 1 amide bonds. The van der Waals surface area contributed by atoms with Gasteiger partial charge in [0.25, 0.3) is 0 Å². The van der Waals surface area contributed by atoms with Crippen LogP contribution >= 0.6 is 11.6 Å². The highest BCUT2D eigenvalue weighted by Gasteiger charge is 2.41. The van der Waals surface area contributed by atoms with Crippen molar-refractivity contribution in [1.82, 2.24) is 4.90 Å². The number of nitro benzene ring substituents is 1. The van der Waals surface area contributed by atoms with Gasteiger partial charge < -0.3 is 14.7 Å². The molecule has 1 aromatic carbocycles. The van der Waals surface area contributed by atoms with Crippen molar-refractivity contribution in [3.63, 3.8) is 0 Å². The van der Waals surface area contributed by atoms with Crippen LogP contribution in [0.4, 0.5) is 5.69 Å². The first-order valence-electron chi connectivity index (χ1n) is 7.31. The molecule has 1 aliphatic heterocycles. The summed E-state index contributed by atoms with van der Waals surface area (Å²) >= 11 is 5.72. The number of carboxylic acids is 1. The minimum atomic E-state index is -0.925. The van der Waals surface area contributed by atoms with E-state index in [0.717, 1.165) is 0 Å². The first-order valence-corrected chi connectivity index (χ1v) is 7.69. The van der Waals surface area contributed by atoms with Crippen LogP contribution in [0.3, 0.4) is 0 Å². The van der Waals surface area contributed by atoms with Crippen LogP contribution in [-0.2, 0) is 9.59 Å². The fourth-order valence-electron chi connectivity index (χ4n) is 2.51. The van der Waals surface area contributed by atoms with E-state index in [1.807, 2.05) is 0 Å². The molecule has 9 heteroatoms. The van der Waals surface area contributed by atoms with E-state index in [-0.39, 0.29) is 41.9 Å². The predicted octanol–water partition coefficient (Wildman–Crippen LogP) is 2.34. The normalized spacial score (nSPS) is 20.0. The maximum absolute atomic E-state index is 12.1. The standard InChI is InChI=1S/C15H17ClN2O6/c1-15(14(20)21)5-6-17(9-15)13(19)4-7-24-12-3-2-10(16)8-11(12)18(22)23/h2-3,8H,4-7,9H2,1H3,(H,20,21).